The Morgan fingerprint density at radius 2 is 2.19 bits per heavy atom. The van der Waals surface area contributed by atoms with Gasteiger partial charge in [0, 0.05) is 28.4 Å². The highest BCUT2D eigenvalue weighted by Crippen LogP contribution is 2.21. The number of carbonyl (C=O) groups excluding carboxylic acids is 1. The first kappa shape index (κ1) is 9.47. The van der Waals surface area contributed by atoms with E-state index in [1.807, 2.05) is 30.5 Å². The first-order valence-corrected chi connectivity index (χ1v) is 5.89. The molecular weight excluding hydrogens is 222 g/mol. The topological polar surface area (TPSA) is 57.2 Å². The number of hydrogen-bond donors (Lipinski definition) is 2. The molecule has 1 aromatic carbocycles. The Bertz CT molecular complexity index is 588. The second-order valence-electron chi connectivity index (χ2n) is 3.49. The second-order valence-corrected chi connectivity index (χ2v) is 4.44. The van der Waals surface area contributed by atoms with Crippen LogP contribution in [0.3, 0.4) is 0 Å². The van der Waals surface area contributed by atoms with Gasteiger partial charge >= 0.3 is 0 Å². The smallest absolute Gasteiger partial charge is 0.299 e. The van der Waals surface area contributed by atoms with E-state index in [0.717, 1.165) is 22.2 Å². The van der Waals surface area contributed by atoms with Crippen LogP contribution in [-0.2, 0) is 0 Å². The molecule has 0 aliphatic carbocycles. The standard InChI is InChI=1S/C11H9N3OS/c15-11-14-13-10(6-16-11)8-5-12-9-4-2-1-3-7(8)9/h1-5,12H,6H2,(H,14,15). The van der Waals surface area contributed by atoms with Crippen LogP contribution >= 0.6 is 11.8 Å². The molecule has 0 bridgehead atoms. The number of hydrogen-bond acceptors (Lipinski definition) is 3. The number of para-hydroxylation sites is 1. The van der Waals surface area contributed by atoms with Gasteiger partial charge in [-0.2, -0.15) is 5.10 Å². The first-order valence-electron chi connectivity index (χ1n) is 4.90. The van der Waals surface area contributed by atoms with Crippen LogP contribution in [0, 0.1) is 0 Å². The Balaban J connectivity index is 2.09. The summed E-state index contributed by atoms with van der Waals surface area (Å²) < 4.78 is 0. The summed E-state index contributed by atoms with van der Waals surface area (Å²) in [4.78, 5) is 14.2. The predicted molar refractivity (Wildman–Crippen MR) is 65.8 cm³/mol. The number of nitrogens with one attached hydrogen (secondary N) is 2. The van der Waals surface area contributed by atoms with Crippen molar-refractivity contribution in [1.29, 1.82) is 0 Å². The van der Waals surface area contributed by atoms with Gasteiger partial charge in [-0.3, -0.25) is 4.79 Å². The van der Waals surface area contributed by atoms with Gasteiger partial charge in [0.2, 0.25) is 0 Å². The van der Waals surface area contributed by atoms with Gasteiger partial charge < -0.3 is 4.98 Å². The van der Waals surface area contributed by atoms with Crippen LogP contribution in [0.25, 0.3) is 10.9 Å². The molecule has 0 atom stereocenters. The van der Waals surface area contributed by atoms with Crippen LogP contribution in [0.15, 0.2) is 35.6 Å². The number of thioether (sulfide) groups is 1. The highest BCUT2D eigenvalue weighted by atomic mass is 32.2. The van der Waals surface area contributed by atoms with E-state index < -0.39 is 0 Å². The minimum atomic E-state index is -0.0939. The monoisotopic (exact) mass is 231 g/mol. The molecule has 4 nitrogen and oxygen atoms in total. The van der Waals surface area contributed by atoms with Gasteiger partial charge in [-0.15, -0.1) is 0 Å². The molecule has 0 saturated carbocycles. The van der Waals surface area contributed by atoms with E-state index in [4.69, 9.17) is 0 Å². The molecule has 1 aromatic heterocycles. The van der Waals surface area contributed by atoms with Crippen molar-refractivity contribution >= 4 is 33.6 Å². The molecule has 1 aliphatic rings. The minimum absolute atomic E-state index is 0.0939. The summed E-state index contributed by atoms with van der Waals surface area (Å²) in [6, 6.07) is 8.05. The Kier molecular flexibility index (Phi) is 2.18. The van der Waals surface area contributed by atoms with E-state index in [2.05, 4.69) is 15.5 Å². The molecule has 0 fully saturated rings. The first-order chi connectivity index (χ1) is 7.84. The molecule has 0 spiro atoms. The maximum absolute atomic E-state index is 11.0. The number of H-pyrrole nitrogens is 1. The van der Waals surface area contributed by atoms with Crippen molar-refractivity contribution in [3.8, 4) is 0 Å². The Hall–Kier alpha value is -1.75. The van der Waals surface area contributed by atoms with Gasteiger partial charge in [0.05, 0.1) is 5.71 Å². The van der Waals surface area contributed by atoms with Crippen LogP contribution in [0.4, 0.5) is 4.79 Å². The Morgan fingerprint density at radius 3 is 3.00 bits per heavy atom. The Labute approximate surface area is 96.1 Å². The van der Waals surface area contributed by atoms with Crippen molar-refractivity contribution in [2.45, 2.75) is 0 Å². The minimum Gasteiger partial charge on any atom is -0.360 e. The van der Waals surface area contributed by atoms with Gasteiger partial charge in [-0.1, -0.05) is 30.0 Å². The number of aromatic nitrogens is 1. The average Bonchev–Trinajstić information content (AvgIpc) is 2.74. The van der Waals surface area contributed by atoms with Gasteiger partial charge in [0.15, 0.2) is 0 Å². The fraction of sp³-hybridized carbons (Fsp3) is 0.0909. The summed E-state index contributed by atoms with van der Waals surface area (Å²) in [6.45, 7) is 0. The summed E-state index contributed by atoms with van der Waals surface area (Å²) in [7, 11) is 0. The number of rotatable bonds is 1. The SMILES string of the molecule is O=C1NN=C(c2c[nH]c3ccccc23)CS1. The molecule has 2 aromatic rings. The second kappa shape index (κ2) is 3.68. The summed E-state index contributed by atoms with van der Waals surface area (Å²) in [5.74, 6) is 0.619. The van der Waals surface area contributed by atoms with Gasteiger partial charge in [-0.25, -0.2) is 5.43 Å². The molecule has 80 valence electrons. The molecule has 0 radical (unpaired) electrons. The fourth-order valence-corrected chi connectivity index (χ4v) is 2.36. The zero-order valence-corrected chi connectivity index (χ0v) is 9.17. The van der Waals surface area contributed by atoms with E-state index in [1.165, 1.54) is 11.8 Å². The largest absolute Gasteiger partial charge is 0.360 e. The maximum Gasteiger partial charge on any atom is 0.299 e. The lowest BCUT2D eigenvalue weighted by molar-refractivity contribution is 0.261. The van der Waals surface area contributed by atoms with Crippen molar-refractivity contribution in [1.82, 2.24) is 10.4 Å². The van der Waals surface area contributed by atoms with Crippen molar-refractivity contribution in [3.63, 3.8) is 0 Å². The normalized spacial score (nSPS) is 16.0. The number of carbonyl (C=O) groups is 1. The number of benzene rings is 1. The van der Waals surface area contributed by atoms with Gasteiger partial charge in [-0.05, 0) is 6.07 Å². The third-order valence-electron chi connectivity index (χ3n) is 2.52. The van der Waals surface area contributed by atoms with Gasteiger partial charge in [0.25, 0.3) is 5.24 Å². The molecule has 5 heteroatoms. The predicted octanol–water partition coefficient (Wildman–Crippen LogP) is 2.33. The lowest BCUT2D eigenvalue weighted by Crippen LogP contribution is -2.23. The molecule has 16 heavy (non-hydrogen) atoms. The van der Waals surface area contributed by atoms with E-state index >= 15 is 0 Å². The maximum atomic E-state index is 11.0. The number of nitrogens with zero attached hydrogens (tertiary/aromatic N) is 1. The molecule has 3 rings (SSSR count). The lowest BCUT2D eigenvalue weighted by Gasteiger charge is -2.10. The van der Waals surface area contributed by atoms with Crippen molar-refractivity contribution < 1.29 is 4.79 Å². The van der Waals surface area contributed by atoms with Gasteiger partial charge in [0.1, 0.15) is 0 Å². The summed E-state index contributed by atoms with van der Waals surface area (Å²) in [5.41, 5.74) is 5.53. The molecule has 1 amide bonds. The van der Waals surface area contributed by atoms with Crippen LogP contribution in [0.5, 0.6) is 0 Å². The molecular formula is C11H9N3OS. The number of hydrazone groups is 1. The number of amides is 1. The molecule has 2 N–H and O–H groups in total. The molecule has 0 unspecified atom stereocenters. The third-order valence-corrected chi connectivity index (χ3v) is 3.29. The van der Waals surface area contributed by atoms with Crippen molar-refractivity contribution in [2.24, 2.45) is 5.10 Å². The molecule has 1 aliphatic heterocycles. The summed E-state index contributed by atoms with van der Waals surface area (Å²) >= 11 is 1.24. The highest BCUT2D eigenvalue weighted by molar-refractivity contribution is 8.14. The van der Waals surface area contributed by atoms with Crippen LogP contribution in [0.1, 0.15) is 5.56 Å². The Morgan fingerprint density at radius 1 is 1.31 bits per heavy atom. The third kappa shape index (κ3) is 1.49. The van der Waals surface area contributed by atoms with Crippen LogP contribution < -0.4 is 5.43 Å². The average molecular weight is 231 g/mol. The molecule has 2 heterocycles. The quantitative estimate of drug-likeness (QED) is 0.791. The summed E-state index contributed by atoms with van der Waals surface area (Å²) in [6.07, 6.45) is 1.93. The zero-order chi connectivity index (χ0) is 11.0. The molecule has 0 saturated heterocycles. The number of fused-ring (bicyclic) bond motifs is 1. The highest BCUT2D eigenvalue weighted by Gasteiger charge is 2.16. The van der Waals surface area contributed by atoms with Crippen LogP contribution in [-0.4, -0.2) is 21.7 Å². The van der Waals surface area contributed by atoms with E-state index in [-0.39, 0.29) is 5.24 Å². The van der Waals surface area contributed by atoms with Crippen LogP contribution in [0.2, 0.25) is 0 Å². The van der Waals surface area contributed by atoms with Crippen molar-refractivity contribution in [2.75, 3.05) is 5.75 Å². The van der Waals surface area contributed by atoms with E-state index in [0.29, 0.717) is 5.75 Å². The zero-order valence-electron chi connectivity index (χ0n) is 8.36. The number of aromatic amines is 1. The van der Waals surface area contributed by atoms with E-state index in [1.54, 1.807) is 0 Å². The van der Waals surface area contributed by atoms with Crippen molar-refractivity contribution in [3.05, 3.63) is 36.0 Å². The summed E-state index contributed by atoms with van der Waals surface area (Å²) in [5, 5.41) is 5.12. The van der Waals surface area contributed by atoms with E-state index in [9.17, 15) is 4.79 Å². The fourth-order valence-electron chi connectivity index (χ4n) is 1.76. The lowest BCUT2D eigenvalue weighted by atomic mass is 10.1.